The maximum atomic E-state index is 7.46. The summed E-state index contributed by atoms with van der Waals surface area (Å²) < 4.78 is 5.23. The molecule has 0 aromatic heterocycles. The molecule has 0 saturated carbocycles. The number of ether oxygens (including phenoxy) is 1. The lowest BCUT2D eigenvalue weighted by Crippen LogP contribution is -2.22. The maximum absolute atomic E-state index is 7.46. The highest BCUT2D eigenvalue weighted by molar-refractivity contribution is 5.76. The molecule has 0 unspecified atom stereocenters. The Morgan fingerprint density at radius 2 is 2.07 bits per heavy atom. The van der Waals surface area contributed by atoms with E-state index in [1.165, 1.54) is 0 Å². The normalized spacial score (nSPS) is 9.64. The zero-order valence-corrected chi connectivity index (χ0v) is 8.87. The van der Waals surface area contributed by atoms with Crippen LogP contribution in [-0.2, 0) is 6.54 Å². The first kappa shape index (κ1) is 10.6. The van der Waals surface area contributed by atoms with Gasteiger partial charge in [-0.05, 0) is 13.0 Å². The van der Waals surface area contributed by atoms with Gasteiger partial charge in [-0.1, -0.05) is 18.2 Å². The van der Waals surface area contributed by atoms with E-state index >= 15 is 0 Å². The predicted molar refractivity (Wildman–Crippen MR) is 57.9 cm³/mol. The van der Waals surface area contributed by atoms with Gasteiger partial charge < -0.3 is 9.64 Å². The number of benzene rings is 1. The molecule has 0 amide bonds. The van der Waals surface area contributed by atoms with E-state index < -0.39 is 0 Å². The molecule has 0 fully saturated rings. The third-order valence-electron chi connectivity index (χ3n) is 2.17. The molecule has 76 valence electrons. The Hall–Kier alpha value is -1.51. The number of hydrogen-bond acceptors (Lipinski definition) is 2. The first-order valence-corrected chi connectivity index (χ1v) is 4.53. The molecule has 1 N–H and O–H groups in total. The van der Waals surface area contributed by atoms with Gasteiger partial charge in [0.05, 0.1) is 12.9 Å². The topological polar surface area (TPSA) is 36.3 Å². The minimum atomic E-state index is 0.552. The number of nitrogens with one attached hydrogen (secondary N) is 1. The monoisotopic (exact) mass is 192 g/mol. The van der Waals surface area contributed by atoms with E-state index in [0.29, 0.717) is 12.4 Å². The molecule has 1 aromatic rings. The Kier molecular flexibility index (Phi) is 3.51. The van der Waals surface area contributed by atoms with E-state index in [0.717, 1.165) is 11.3 Å². The van der Waals surface area contributed by atoms with Crippen molar-refractivity contribution in [1.29, 1.82) is 5.41 Å². The molecule has 3 heteroatoms. The van der Waals surface area contributed by atoms with E-state index in [1.54, 1.807) is 14.0 Å². The molecule has 0 saturated heterocycles. The first-order chi connectivity index (χ1) is 6.65. The molecule has 0 aliphatic heterocycles. The smallest absolute Gasteiger partial charge is 0.123 e. The van der Waals surface area contributed by atoms with Crippen LogP contribution >= 0.6 is 0 Å². The van der Waals surface area contributed by atoms with Crippen molar-refractivity contribution in [3.8, 4) is 5.75 Å². The van der Waals surface area contributed by atoms with Crippen molar-refractivity contribution in [3.63, 3.8) is 0 Å². The van der Waals surface area contributed by atoms with Crippen LogP contribution in [0.1, 0.15) is 12.5 Å². The van der Waals surface area contributed by atoms with Crippen molar-refractivity contribution >= 4 is 5.84 Å². The zero-order chi connectivity index (χ0) is 10.6. The van der Waals surface area contributed by atoms with Gasteiger partial charge >= 0.3 is 0 Å². The van der Waals surface area contributed by atoms with Gasteiger partial charge in [-0.15, -0.1) is 0 Å². The minimum Gasteiger partial charge on any atom is -0.496 e. The van der Waals surface area contributed by atoms with Crippen molar-refractivity contribution in [2.75, 3.05) is 14.2 Å². The molecule has 14 heavy (non-hydrogen) atoms. The molecular weight excluding hydrogens is 176 g/mol. The van der Waals surface area contributed by atoms with Crippen LogP contribution in [-0.4, -0.2) is 24.9 Å². The van der Waals surface area contributed by atoms with Crippen LogP contribution in [0.25, 0.3) is 0 Å². The second kappa shape index (κ2) is 4.65. The van der Waals surface area contributed by atoms with Gasteiger partial charge in [0.15, 0.2) is 0 Å². The molecule has 0 radical (unpaired) electrons. The van der Waals surface area contributed by atoms with Crippen LogP contribution in [0.15, 0.2) is 24.3 Å². The zero-order valence-electron chi connectivity index (χ0n) is 8.87. The molecule has 0 bridgehead atoms. The van der Waals surface area contributed by atoms with Crippen molar-refractivity contribution in [2.45, 2.75) is 13.5 Å². The van der Waals surface area contributed by atoms with E-state index in [9.17, 15) is 0 Å². The number of rotatable bonds is 3. The van der Waals surface area contributed by atoms with Crippen LogP contribution in [0.2, 0.25) is 0 Å². The highest BCUT2D eigenvalue weighted by atomic mass is 16.5. The summed E-state index contributed by atoms with van der Waals surface area (Å²) in [6.45, 7) is 2.48. The fourth-order valence-electron chi connectivity index (χ4n) is 1.21. The summed E-state index contributed by atoms with van der Waals surface area (Å²) >= 11 is 0. The SMILES string of the molecule is COc1ccccc1CN(C)C(C)=N. The fraction of sp³-hybridized carbons (Fsp3) is 0.364. The number of methoxy groups -OCH3 is 1. The lowest BCUT2D eigenvalue weighted by molar-refractivity contribution is 0.398. The number of amidine groups is 1. The fourth-order valence-corrected chi connectivity index (χ4v) is 1.21. The summed E-state index contributed by atoms with van der Waals surface area (Å²) in [7, 11) is 3.56. The Balaban J connectivity index is 2.80. The van der Waals surface area contributed by atoms with Crippen LogP contribution in [0.3, 0.4) is 0 Å². The van der Waals surface area contributed by atoms with E-state index in [1.807, 2.05) is 36.2 Å². The summed E-state index contributed by atoms with van der Waals surface area (Å²) in [5.74, 6) is 1.43. The van der Waals surface area contributed by atoms with E-state index in [2.05, 4.69) is 0 Å². The van der Waals surface area contributed by atoms with Gasteiger partial charge in [0.2, 0.25) is 0 Å². The summed E-state index contributed by atoms with van der Waals surface area (Å²) in [4.78, 5) is 1.87. The van der Waals surface area contributed by atoms with Crippen LogP contribution in [0.4, 0.5) is 0 Å². The van der Waals surface area contributed by atoms with Crippen molar-refractivity contribution in [2.24, 2.45) is 0 Å². The number of nitrogens with zero attached hydrogens (tertiary/aromatic N) is 1. The van der Waals surface area contributed by atoms with E-state index in [4.69, 9.17) is 10.1 Å². The second-order valence-corrected chi connectivity index (χ2v) is 3.25. The average molecular weight is 192 g/mol. The Labute approximate surface area is 84.8 Å². The first-order valence-electron chi connectivity index (χ1n) is 4.53. The highest BCUT2D eigenvalue weighted by Gasteiger charge is 2.05. The molecule has 1 aromatic carbocycles. The maximum Gasteiger partial charge on any atom is 0.123 e. The molecule has 0 spiro atoms. The highest BCUT2D eigenvalue weighted by Crippen LogP contribution is 2.18. The summed E-state index contributed by atoms with van der Waals surface area (Å²) in [6, 6.07) is 7.87. The standard InChI is InChI=1S/C11H16N2O/c1-9(12)13(2)8-10-6-4-5-7-11(10)14-3/h4-7,12H,8H2,1-3H3. The largest absolute Gasteiger partial charge is 0.496 e. The third-order valence-corrected chi connectivity index (χ3v) is 2.17. The van der Waals surface area contributed by atoms with Gasteiger partial charge in [0.1, 0.15) is 5.75 Å². The van der Waals surface area contributed by atoms with Gasteiger partial charge in [-0.2, -0.15) is 0 Å². The predicted octanol–water partition coefficient (Wildman–Crippen LogP) is 2.12. The van der Waals surface area contributed by atoms with Crippen molar-refractivity contribution in [1.82, 2.24) is 4.90 Å². The van der Waals surface area contributed by atoms with Gasteiger partial charge in [0, 0.05) is 19.2 Å². The minimum absolute atomic E-state index is 0.552. The van der Waals surface area contributed by atoms with Crippen LogP contribution in [0, 0.1) is 5.41 Å². The summed E-state index contributed by atoms with van der Waals surface area (Å²) in [5, 5.41) is 7.46. The summed E-state index contributed by atoms with van der Waals surface area (Å²) in [6.07, 6.45) is 0. The lowest BCUT2D eigenvalue weighted by atomic mass is 10.2. The molecule has 0 aliphatic rings. The van der Waals surface area contributed by atoms with Crippen LogP contribution in [0.5, 0.6) is 5.75 Å². The molecular formula is C11H16N2O. The third kappa shape index (κ3) is 2.49. The molecule has 0 aliphatic carbocycles. The average Bonchev–Trinajstić information content (AvgIpc) is 2.18. The number of para-hydroxylation sites is 1. The van der Waals surface area contributed by atoms with Gasteiger partial charge in [-0.3, -0.25) is 5.41 Å². The Bertz CT molecular complexity index is 323. The second-order valence-electron chi connectivity index (χ2n) is 3.25. The molecule has 0 atom stereocenters. The molecule has 0 heterocycles. The van der Waals surface area contributed by atoms with E-state index in [-0.39, 0.29) is 0 Å². The quantitative estimate of drug-likeness (QED) is 0.588. The van der Waals surface area contributed by atoms with Crippen molar-refractivity contribution < 1.29 is 4.74 Å². The van der Waals surface area contributed by atoms with Crippen LogP contribution < -0.4 is 4.74 Å². The molecule has 1 rings (SSSR count). The Morgan fingerprint density at radius 1 is 1.43 bits per heavy atom. The summed E-state index contributed by atoms with van der Waals surface area (Å²) in [5.41, 5.74) is 1.10. The van der Waals surface area contributed by atoms with Crippen molar-refractivity contribution in [3.05, 3.63) is 29.8 Å². The van der Waals surface area contributed by atoms with Gasteiger partial charge in [0.25, 0.3) is 0 Å². The lowest BCUT2D eigenvalue weighted by Gasteiger charge is -2.18. The molecule has 3 nitrogen and oxygen atoms in total. The number of hydrogen-bond donors (Lipinski definition) is 1. The van der Waals surface area contributed by atoms with Gasteiger partial charge in [-0.25, -0.2) is 0 Å². The Morgan fingerprint density at radius 3 is 2.64 bits per heavy atom.